The number of thioether (sulfide) groups is 1. The largest absolute Gasteiger partial charge is 0.344 e. The molecular formula is C20H21N3O3S. The van der Waals surface area contributed by atoms with Gasteiger partial charge in [0.1, 0.15) is 5.54 Å². The Bertz CT molecular complexity index is 855. The van der Waals surface area contributed by atoms with Crippen LogP contribution in [-0.4, -0.2) is 28.6 Å². The van der Waals surface area contributed by atoms with Gasteiger partial charge >= 0.3 is 6.03 Å². The van der Waals surface area contributed by atoms with Crippen molar-refractivity contribution in [1.29, 1.82) is 0 Å². The van der Waals surface area contributed by atoms with Crippen molar-refractivity contribution in [3.63, 3.8) is 0 Å². The molecule has 7 heteroatoms. The lowest BCUT2D eigenvalue weighted by atomic mass is 9.92. The molecule has 0 radical (unpaired) electrons. The third-order valence-electron chi connectivity index (χ3n) is 4.44. The first-order chi connectivity index (χ1) is 13.0. The second-order valence-electron chi connectivity index (χ2n) is 6.34. The van der Waals surface area contributed by atoms with Crippen molar-refractivity contribution in [2.24, 2.45) is 0 Å². The summed E-state index contributed by atoms with van der Waals surface area (Å²) in [5, 5.41) is 3.40. The molecule has 0 spiro atoms. The fourth-order valence-corrected chi connectivity index (χ4v) is 3.48. The zero-order valence-electron chi connectivity index (χ0n) is 15.2. The number of hydrogen-bond acceptors (Lipinski definition) is 4. The van der Waals surface area contributed by atoms with E-state index in [9.17, 15) is 14.4 Å². The number of nitrogens with zero attached hydrogens (tertiary/aromatic N) is 1. The molecule has 0 aromatic heterocycles. The molecule has 4 amide bonds. The summed E-state index contributed by atoms with van der Waals surface area (Å²) in [6.45, 7) is 3.71. The normalized spacial score (nSPS) is 19.1. The Kier molecular flexibility index (Phi) is 5.51. The van der Waals surface area contributed by atoms with Crippen molar-refractivity contribution in [2.45, 2.75) is 25.1 Å². The van der Waals surface area contributed by atoms with E-state index >= 15 is 0 Å². The summed E-state index contributed by atoms with van der Waals surface area (Å²) >= 11 is 1.79. The minimum atomic E-state index is -1.22. The maximum Gasteiger partial charge on any atom is 0.344 e. The van der Waals surface area contributed by atoms with E-state index in [1.54, 1.807) is 55.1 Å². The van der Waals surface area contributed by atoms with Gasteiger partial charge < -0.3 is 5.32 Å². The zero-order chi connectivity index (χ0) is 19.4. The first-order valence-corrected chi connectivity index (χ1v) is 9.81. The minimum absolute atomic E-state index is 0.383. The number of imide groups is 1. The Morgan fingerprint density at radius 2 is 1.78 bits per heavy atom. The van der Waals surface area contributed by atoms with Crippen LogP contribution in [0, 0.1) is 0 Å². The van der Waals surface area contributed by atoms with Crippen LogP contribution >= 0.6 is 11.8 Å². The summed E-state index contributed by atoms with van der Waals surface area (Å²) < 4.78 is 0. The quantitative estimate of drug-likeness (QED) is 0.752. The second-order valence-corrected chi connectivity index (χ2v) is 7.61. The van der Waals surface area contributed by atoms with Crippen LogP contribution in [0.1, 0.15) is 35.3 Å². The van der Waals surface area contributed by atoms with Crippen molar-refractivity contribution in [1.82, 2.24) is 15.8 Å². The van der Waals surface area contributed by atoms with Gasteiger partial charge in [-0.1, -0.05) is 49.4 Å². The molecule has 6 nitrogen and oxygen atoms in total. The van der Waals surface area contributed by atoms with Crippen molar-refractivity contribution in [3.8, 4) is 0 Å². The highest BCUT2D eigenvalue weighted by Gasteiger charge is 2.50. The van der Waals surface area contributed by atoms with Crippen molar-refractivity contribution >= 4 is 29.6 Å². The van der Waals surface area contributed by atoms with Crippen LogP contribution in [0.15, 0.2) is 54.6 Å². The summed E-state index contributed by atoms with van der Waals surface area (Å²) in [5.41, 5.74) is 3.34. The number of amides is 4. The molecule has 1 atom stereocenters. The lowest BCUT2D eigenvalue weighted by Gasteiger charge is -2.22. The van der Waals surface area contributed by atoms with E-state index in [2.05, 4.69) is 17.7 Å². The van der Waals surface area contributed by atoms with Crippen LogP contribution in [0.5, 0.6) is 0 Å². The van der Waals surface area contributed by atoms with E-state index in [0.29, 0.717) is 11.1 Å². The molecule has 1 aliphatic heterocycles. The molecule has 2 N–H and O–H groups in total. The summed E-state index contributed by atoms with van der Waals surface area (Å²) in [6, 6.07) is 15.4. The van der Waals surface area contributed by atoms with Crippen molar-refractivity contribution < 1.29 is 14.4 Å². The molecule has 2 aromatic rings. The van der Waals surface area contributed by atoms with Crippen LogP contribution in [0.2, 0.25) is 0 Å². The second kappa shape index (κ2) is 7.84. The molecule has 1 heterocycles. The lowest BCUT2D eigenvalue weighted by molar-refractivity contribution is -0.132. The van der Waals surface area contributed by atoms with Gasteiger partial charge in [0, 0.05) is 11.3 Å². The molecule has 0 bridgehead atoms. The number of urea groups is 1. The van der Waals surface area contributed by atoms with Crippen molar-refractivity contribution in [2.75, 3.05) is 5.75 Å². The van der Waals surface area contributed by atoms with E-state index in [1.807, 2.05) is 18.2 Å². The predicted molar refractivity (Wildman–Crippen MR) is 105 cm³/mol. The first kappa shape index (κ1) is 19.0. The highest BCUT2D eigenvalue weighted by Crippen LogP contribution is 2.27. The summed E-state index contributed by atoms with van der Waals surface area (Å²) in [5.74, 6) is 0.864. The Morgan fingerprint density at radius 1 is 1.11 bits per heavy atom. The van der Waals surface area contributed by atoms with E-state index in [-0.39, 0.29) is 0 Å². The maximum atomic E-state index is 12.8. The van der Waals surface area contributed by atoms with Gasteiger partial charge in [-0.15, -0.1) is 0 Å². The van der Waals surface area contributed by atoms with Gasteiger partial charge in [-0.3, -0.25) is 15.0 Å². The van der Waals surface area contributed by atoms with Gasteiger partial charge in [0.15, 0.2) is 0 Å². The fourth-order valence-electron chi connectivity index (χ4n) is 2.85. The summed E-state index contributed by atoms with van der Waals surface area (Å²) in [4.78, 5) is 37.6. The molecular weight excluding hydrogens is 362 g/mol. The molecule has 0 aliphatic carbocycles. The van der Waals surface area contributed by atoms with E-state index in [0.717, 1.165) is 22.1 Å². The standard InChI is InChI=1S/C20H21N3O3S/c1-3-27-13-14-9-11-15(12-10-14)17(24)22-23-18(25)20(2,21-19(23)26)16-7-5-4-6-8-16/h4-12H,3,13H2,1-2H3,(H,21,26)(H,22,24). The number of carbonyl (C=O) groups excluding carboxylic acids is 3. The van der Waals surface area contributed by atoms with Gasteiger partial charge in [0.05, 0.1) is 0 Å². The number of carbonyl (C=O) groups is 3. The number of rotatable bonds is 6. The Balaban J connectivity index is 1.72. The van der Waals surface area contributed by atoms with Crippen LogP contribution in [-0.2, 0) is 16.1 Å². The number of benzene rings is 2. The number of nitrogens with one attached hydrogen (secondary N) is 2. The van der Waals surface area contributed by atoms with Crippen LogP contribution in [0.4, 0.5) is 4.79 Å². The third-order valence-corrected chi connectivity index (χ3v) is 5.39. The van der Waals surface area contributed by atoms with Crippen LogP contribution < -0.4 is 10.7 Å². The van der Waals surface area contributed by atoms with E-state index < -0.39 is 23.4 Å². The van der Waals surface area contributed by atoms with Gasteiger partial charge in [-0.2, -0.15) is 16.8 Å². The van der Waals surface area contributed by atoms with Crippen LogP contribution in [0.3, 0.4) is 0 Å². The number of hydrazine groups is 1. The molecule has 2 aromatic carbocycles. The highest BCUT2D eigenvalue weighted by atomic mass is 32.2. The molecule has 27 heavy (non-hydrogen) atoms. The molecule has 3 rings (SSSR count). The minimum Gasteiger partial charge on any atom is -0.318 e. The molecule has 1 saturated heterocycles. The third kappa shape index (κ3) is 3.83. The zero-order valence-corrected chi connectivity index (χ0v) is 16.0. The predicted octanol–water partition coefficient (Wildman–Crippen LogP) is 3.05. The average molecular weight is 383 g/mol. The molecule has 1 unspecified atom stereocenters. The maximum absolute atomic E-state index is 12.8. The monoisotopic (exact) mass is 383 g/mol. The van der Waals surface area contributed by atoms with Crippen LogP contribution in [0.25, 0.3) is 0 Å². The average Bonchev–Trinajstić information content (AvgIpc) is 2.91. The lowest BCUT2D eigenvalue weighted by Crippen LogP contribution is -2.47. The summed E-state index contributed by atoms with van der Waals surface area (Å²) in [6.07, 6.45) is 0. The smallest absolute Gasteiger partial charge is 0.318 e. The molecule has 1 fully saturated rings. The highest BCUT2D eigenvalue weighted by molar-refractivity contribution is 7.98. The van der Waals surface area contributed by atoms with Gasteiger partial charge in [-0.05, 0) is 35.9 Å². The van der Waals surface area contributed by atoms with Gasteiger partial charge in [0.2, 0.25) is 0 Å². The Hall–Kier alpha value is -2.80. The molecule has 0 saturated carbocycles. The first-order valence-electron chi connectivity index (χ1n) is 8.65. The SMILES string of the molecule is CCSCc1ccc(C(=O)NN2C(=O)NC(C)(c3ccccc3)C2=O)cc1. The van der Waals surface area contributed by atoms with E-state index in [4.69, 9.17) is 0 Å². The van der Waals surface area contributed by atoms with Gasteiger partial charge in [0.25, 0.3) is 11.8 Å². The van der Waals surface area contributed by atoms with Gasteiger partial charge in [-0.25, -0.2) is 4.79 Å². The van der Waals surface area contributed by atoms with E-state index in [1.165, 1.54) is 0 Å². The molecule has 140 valence electrons. The summed E-state index contributed by atoms with van der Waals surface area (Å²) in [7, 11) is 0. The molecule has 1 aliphatic rings. The number of hydrogen-bond donors (Lipinski definition) is 2. The van der Waals surface area contributed by atoms with Crippen molar-refractivity contribution in [3.05, 3.63) is 71.3 Å². The fraction of sp³-hybridized carbons (Fsp3) is 0.250. The Morgan fingerprint density at radius 3 is 2.41 bits per heavy atom. The Labute approximate surface area is 162 Å². The topological polar surface area (TPSA) is 78.5 Å².